The van der Waals surface area contributed by atoms with Crippen LogP contribution >= 0.6 is 24.0 Å². The maximum Gasteiger partial charge on any atom is 0.270 e. The van der Waals surface area contributed by atoms with Crippen LogP contribution in [0.1, 0.15) is 16.7 Å². The first-order valence-electron chi connectivity index (χ1n) is 8.69. The Hall–Kier alpha value is -2.91. The summed E-state index contributed by atoms with van der Waals surface area (Å²) in [6.07, 6.45) is 1.53. The highest BCUT2D eigenvalue weighted by Crippen LogP contribution is 2.31. The van der Waals surface area contributed by atoms with Crippen molar-refractivity contribution in [3.05, 3.63) is 68.1 Å². The average Bonchev–Trinajstić information content (AvgIpc) is 2.99. The fourth-order valence-electron chi connectivity index (χ4n) is 2.57. The molecule has 1 N–H and O–H groups in total. The molecule has 150 valence electrons. The summed E-state index contributed by atoms with van der Waals surface area (Å²) in [5, 5.41) is 13.6. The van der Waals surface area contributed by atoms with E-state index < -0.39 is 4.92 Å². The second kappa shape index (κ2) is 9.06. The van der Waals surface area contributed by atoms with Crippen LogP contribution in [-0.2, 0) is 4.79 Å². The molecule has 9 heteroatoms. The van der Waals surface area contributed by atoms with Crippen molar-refractivity contribution in [3.63, 3.8) is 0 Å². The molecule has 29 heavy (non-hydrogen) atoms. The molecule has 1 saturated heterocycles. The van der Waals surface area contributed by atoms with Crippen LogP contribution in [0.15, 0.2) is 41.3 Å². The van der Waals surface area contributed by atoms with Crippen molar-refractivity contribution < 1.29 is 19.2 Å². The number of nitro benzene ring substituents is 1. The SMILES string of the molecule is Cc1ccc(OCCOc2ccc([N+](=O)[O-])cc2C=C2SC(=S)NC2=O)cc1C. The van der Waals surface area contributed by atoms with Crippen molar-refractivity contribution in [1.82, 2.24) is 5.32 Å². The molecule has 3 rings (SSSR count). The Balaban J connectivity index is 1.71. The summed E-state index contributed by atoms with van der Waals surface area (Å²) in [7, 11) is 0. The largest absolute Gasteiger partial charge is 0.490 e. The average molecular weight is 431 g/mol. The molecule has 1 fully saturated rings. The number of carbonyl (C=O) groups excluding carboxylic acids is 1. The molecule has 2 aromatic carbocycles. The van der Waals surface area contributed by atoms with Gasteiger partial charge in [-0.05, 0) is 49.2 Å². The van der Waals surface area contributed by atoms with Crippen LogP contribution in [0.5, 0.6) is 11.5 Å². The number of nitrogens with zero attached hydrogens (tertiary/aromatic N) is 1. The summed E-state index contributed by atoms with van der Waals surface area (Å²) in [5.74, 6) is 0.823. The van der Waals surface area contributed by atoms with Gasteiger partial charge in [-0.15, -0.1) is 0 Å². The van der Waals surface area contributed by atoms with Gasteiger partial charge in [0, 0.05) is 17.7 Å². The highest BCUT2D eigenvalue weighted by molar-refractivity contribution is 8.26. The quantitative estimate of drug-likeness (QED) is 0.232. The molecule has 1 aliphatic rings. The Labute approximate surface area is 177 Å². The Morgan fingerprint density at radius 2 is 1.90 bits per heavy atom. The smallest absolute Gasteiger partial charge is 0.270 e. The summed E-state index contributed by atoms with van der Waals surface area (Å²) in [6, 6.07) is 10.1. The van der Waals surface area contributed by atoms with Crippen molar-refractivity contribution >= 4 is 46.0 Å². The molecule has 0 bridgehead atoms. The number of thiocarbonyl (C=S) groups is 1. The fourth-order valence-corrected chi connectivity index (χ4v) is 3.61. The standard InChI is InChI=1S/C20H18N2O5S2/c1-12-3-5-16(9-13(12)2)26-7-8-27-17-6-4-15(22(24)25)10-14(17)11-18-19(23)21-20(28)29-18/h3-6,9-11H,7-8H2,1-2H3,(H,21,23,28). The Bertz CT molecular complexity index is 1020. The number of nitro groups is 1. The Morgan fingerprint density at radius 3 is 2.55 bits per heavy atom. The predicted octanol–water partition coefficient (Wildman–Crippen LogP) is 4.16. The van der Waals surface area contributed by atoms with Gasteiger partial charge in [-0.25, -0.2) is 0 Å². The van der Waals surface area contributed by atoms with Gasteiger partial charge in [0.05, 0.1) is 9.83 Å². The lowest BCUT2D eigenvalue weighted by molar-refractivity contribution is -0.384. The first-order valence-corrected chi connectivity index (χ1v) is 9.92. The number of benzene rings is 2. The third-order valence-corrected chi connectivity index (χ3v) is 5.38. The summed E-state index contributed by atoms with van der Waals surface area (Å²) >= 11 is 6.07. The minimum Gasteiger partial charge on any atom is -0.490 e. The van der Waals surface area contributed by atoms with E-state index in [1.54, 1.807) is 0 Å². The van der Waals surface area contributed by atoms with Crippen molar-refractivity contribution in [2.75, 3.05) is 13.2 Å². The minimum absolute atomic E-state index is 0.0958. The van der Waals surface area contributed by atoms with Crippen molar-refractivity contribution in [2.24, 2.45) is 0 Å². The molecule has 2 aromatic rings. The lowest BCUT2D eigenvalue weighted by Crippen LogP contribution is -2.17. The lowest BCUT2D eigenvalue weighted by Gasteiger charge is -2.11. The fraction of sp³-hybridized carbons (Fsp3) is 0.200. The monoisotopic (exact) mass is 430 g/mol. The van der Waals surface area contributed by atoms with E-state index in [0.717, 1.165) is 23.1 Å². The number of aryl methyl sites for hydroxylation is 2. The van der Waals surface area contributed by atoms with Gasteiger partial charge in [0.1, 0.15) is 29.0 Å². The molecule has 0 radical (unpaired) electrons. The van der Waals surface area contributed by atoms with Crippen LogP contribution in [0, 0.1) is 24.0 Å². The summed E-state index contributed by atoms with van der Waals surface area (Å²) in [6.45, 7) is 4.58. The number of rotatable bonds is 7. The van der Waals surface area contributed by atoms with Crippen molar-refractivity contribution in [2.45, 2.75) is 13.8 Å². The van der Waals surface area contributed by atoms with E-state index in [0.29, 0.717) is 27.1 Å². The van der Waals surface area contributed by atoms with Crippen LogP contribution in [-0.4, -0.2) is 28.4 Å². The second-order valence-corrected chi connectivity index (χ2v) is 7.99. The van der Waals surface area contributed by atoms with Crippen LogP contribution in [0.3, 0.4) is 0 Å². The maximum atomic E-state index is 11.9. The third kappa shape index (κ3) is 5.33. The number of hydrogen-bond acceptors (Lipinski definition) is 7. The van der Waals surface area contributed by atoms with Crippen molar-refractivity contribution in [3.8, 4) is 11.5 Å². The van der Waals surface area contributed by atoms with E-state index in [1.165, 1.54) is 29.8 Å². The molecule has 0 atom stereocenters. The zero-order valence-corrected chi connectivity index (χ0v) is 17.4. The number of carbonyl (C=O) groups is 1. The molecule has 1 aliphatic heterocycles. The predicted molar refractivity (Wildman–Crippen MR) is 116 cm³/mol. The molecule has 0 saturated carbocycles. The van der Waals surface area contributed by atoms with E-state index >= 15 is 0 Å². The summed E-state index contributed by atoms with van der Waals surface area (Å²) in [4.78, 5) is 22.9. The molecular formula is C20H18N2O5S2. The van der Waals surface area contributed by atoms with Crippen LogP contribution in [0.25, 0.3) is 6.08 Å². The number of ether oxygens (including phenoxy) is 2. The first-order chi connectivity index (χ1) is 13.8. The molecular weight excluding hydrogens is 412 g/mol. The van der Waals surface area contributed by atoms with E-state index in [2.05, 4.69) is 5.32 Å². The first kappa shape index (κ1) is 20.8. The highest BCUT2D eigenvalue weighted by atomic mass is 32.2. The molecule has 7 nitrogen and oxygen atoms in total. The van der Waals surface area contributed by atoms with Gasteiger partial charge in [-0.2, -0.15) is 0 Å². The molecule has 0 aliphatic carbocycles. The second-order valence-electron chi connectivity index (χ2n) is 6.27. The zero-order valence-electron chi connectivity index (χ0n) is 15.8. The van der Waals surface area contributed by atoms with Gasteiger partial charge in [0.15, 0.2) is 0 Å². The number of nitrogens with one attached hydrogen (secondary N) is 1. The van der Waals surface area contributed by atoms with Crippen LogP contribution in [0.2, 0.25) is 0 Å². The van der Waals surface area contributed by atoms with Gasteiger partial charge < -0.3 is 14.8 Å². The maximum absolute atomic E-state index is 11.9. The van der Waals surface area contributed by atoms with Gasteiger partial charge in [-0.1, -0.05) is 30.0 Å². The number of amides is 1. The molecule has 0 spiro atoms. The summed E-state index contributed by atoms with van der Waals surface area (Å²) in [5.41, 5.74) is 2.65. The normalized spacial score (nSPS) is 14.8. The number of non-ortho nitro benzene ring substituents is 1. The topological polar surface area (TPSA) is 90.7 Å². The lowest BCUT2D eigenvalue weighted by atomic mass is 10.1. The van der Waals surface area contributed by atoms with E-state index in [-0.39, 0.29) is 18.2 Å². The van der Waals surface area contributed by atoms with E-state index in [9.17, 15) is 14.9 Å². The van der Waals surface area contributed by atoms with E-state index in [1.807, 2.05) is 32.0 Å². The number of hydrogen-bond donors (Lipinski definition) is 1. The molecule has 1 heterocycles. The van der Waals surface area contributed by atoms with Gasteiger partial charge in [-0.3, -0.25) is 14.9 Å². The summed E-state index contributed by atoms with van der Waals surface area (Å²) < 4.78 is 11.8. The number of thioether (sulfide) groups is 1. The van der Waals surface area contributed by atoms with Crippen LogP contribution in [0.4, 0.5) is 5.69 Å². The third-order valence-electron chi connectivity index (χ3n) is 4.22. The van der Waals surface area contributed by atoms with Gasteiger partial charge >= 0.3 is 0 Å². The van der Waals surface area contributed by atoms with Crippen molar-refractivity contribution in [1.29, 1.82) is 0 Å². The molecule has 0 unspecified atom stereocenters. The van der Waals surface area contributed by atoms with E-state index in [4.69, 9.17) is 21.7 Å². The minimum atomic E-state index is -0.499. The Morgan fingerprint density at radius 1 is 1.14 bits per heavy atom. The van der Waals surface area contributed by atoms with Crippen LogP contribution < -0.4 is 14.8 Å². The molecule has 1 amide bonds. The Kier molecular flexibility index (Phi) is 6.50. The highest BCUT2D eigenvalue weighted by Gasteiger charge is 2.23. The van der Waals surface area contributed by atoms with Gasteiger partial charge in [0.2, 0.25) is 0 Å². The zero-order chi connectivity index (χ0) is 21.0. The molecule has 0 aromatic heterocycles. The van der Waals surface area contributed by atoms with Gasteiger partial charge in [0.25, 0.3) is 11.6 Å².